The lowest BCUT2D eigenvalue weighted by Gasteiger charge is -2.50. The minimum absolute atomic E-state index is 0.138. The van der Waals surface area contributed by atoms with Gasteiger partial charge in [0, 0.05) is 37.2 Å². The molecule has 2 aliphatic heterocycles. The molecule has 6 heteroatoms. The van der Waals surface area contributed by atoms with Gasteiger partial charge in [0.05, 0.1) is 12.4 Å². The van der Waals surface area contributed by atoms with Gasteiger partial charge in [0.25, 0.3) is 0 Å². The second kappa shape index (κ2) is 6.11. The van der Waals surface area contributed by atoms with E-state index in [9.17, 15) is 8.42 Å². The lowest BCUT2D eigenvalue weighted by molar-refractivity contribution is 0.0292. The first-order valence-electron chi connectivity index (χ1n) is 7.74. The number of sulfone groups is 1. The van der Waals surface area contributed by atoms with Crippen molar-refractivity contribution in [2.75, 3.05) is 32.1 Å². The third kappa shape index (κ3) is 2.80. The molecular formula is C16H22ClNO3S. The fraction of sp³-hybridized carbons (Fsp3) is 0.625. The van der Waals surface area contributed by atoms with Crippen LogP contribution in [0.15, 0.2) is 24.3 Å². The molecular weight excluding hydrogens is 322 g/mol. The summed E-state index contributed by atoms with van der Waals surface area (Å²) in [4.78, 5) is 2.20. The number of rotatable bonds is 5. The van der Waals surface area contributed by atoms with Crippen molar-refractivity contribution >= 4 is 21.4 Å². The van der Waals surface area contributed by atoms with E-state index in [1.807, 2.05) is 31.2 Å². The molecule has 122 valence electrons. The summed E-state index contributed by atoms with van der Waals surface area (Å²) in [7, 11) is -3.00. The summed E-state index contributed by atoms with van der Waals surface area (Å²) in [6.07, 6.45) is 0.733. The van der Waals surface area contributed by atoms with Crippen LogP contribution in [-0.2, 0) is 21.1 Å². The Balaban J connectivity index is 1.66. The zero-order chi connectivity index (χ0) is 15.8. The van der Waals surface area contributed by atoms with Crippen molar-refractivity contribution in [1.29, 1.82) is 0 Å². The predicted molar refractivity (Wildman–Crippen MR) is 87.8 cm³/mol. The predicted octanol–water partition coefficient (Wildman–Crippen LogP) is 2.37. The van der Waals surface area contributed by atoms with E-state index in [1.54, 1.807) is 0 Å². The molecule has 1 aromatic rings. The summed E-state index contributed by atoms with van der Waals surface area (Å²) in [5.41, 5.74) is 1.16. The second-order valence-electron chi connectivity index (χ2n) is 6.30. The molecule has 2 heterocycles. The third-order valence-corrected chi connectivity index (χ3v) is 7.78. The van der Waals surface area contributed by atoms with Gasteiger partial charge >= 0.3 is 0 Å². The minimum Gasteiger partial charge on any atom is -0.381 e. The molecule has 1 atom stereocenters. The summed E-state index contributed by atoms with van der Waals surface area (Å²) in [6, 6.07) is 7.73. The molecule has 2 aliphatic rings. The Morgan fingerprint density at radius 1 is 1.32 bits per heavy atom. The maximum Gasteiger partial charge on any atom is 0.158 e. The molecule has 0 bridgehead atoms. The quantitative estimate of drug-likeness (QED) is 0.823. The summed E-state index contributed by atoms with van der Waals surface area (Å²) in [6.45, 7) is 5.16. The lowest BCUT2D eigenvalue weighted by Crippen LogP contribution is -2.67. The van der Waals surface area contributed by atoms with E-state index in [2.05, 4.69) is 4.90 Å². The van der Waals surface area contributed by atoms with Crippen molar-refractivity contribution in [1.82, 2.24) is 4.90 Å². The van der Waals surface area contributed by atoms with Crippen LogP contribution in [-0.4, -0.2) is 50.1 Å². The van der Waals surface area contributed by atoms with Gasteiger partial charge in [-0.1, -0.05) is 23.7 Å². The molecule has 0 unspecified atom stereocenters. The first kappa shape index (κ1) is 16.2. The summed E-state index contributed by atoms with van der Waals surface area (Å²) in [5, 5.41) is 0.721. The summed E-state index contributed by atoms with van der Waals surface area (Å²) < 4.78 is 29.9. The Bertz CT molecular complexity index is 623. The van der Waals surface area contributed by atoms with Crippen molar-refractivity contribution in [3.63, 3.8) is 0 Å². The van der Waals surface area contributed by atoms with Gasteiger partial charge < -0.3 is 4.74 Å². The number of halogens is 1. The van der Waals surface area contributed by atoms with E-state index in [1.165, 1.54) is 0 Å². The van der Waals surface area contributed by atoms with Gasteiger partial charge in [-0.2, -0.15) is 0 Å². The first-order valence-corrected chi connectivity index (χ1v) is 9.77. The van der Waals surface area contributed by atoms with Crippen LogP contribution in [0.25, 0.3) is 0 Å². The molecule has 0 saturated carbocycles. The Hall–Kier alpha value is -0.620. The molecule has 0 aliphatic carbocycles. The maximum atomic E-state index is 12.5. The van der Waals surface area contributed by atoms with Crippen molar-refractivity contribution in [2.24, 2.45) is 5.92 Å². The van der Waals surface area contributed by atoms with E-state index in [0.29, 0.717) is 32.1 Å². The van der Waals surface area contributed by atoms with E-state index in [0.717, 1.165) is 23.6 Å². The highest BCUT2D eigenvalue weighted by molar-refractivity contribution is 7.93. The maximum absolute atomic E-state index is 12.5. The highest BCUT2D eigenvalue weighted by Gasteiger charge is 2.61. The van der Waals surface area contributed by atoms with Crippen molar-refractivity contribution < 1.29 is 13.2 Å². The molecule has 22 heavy (non-hydrogen) atoms. The molecule has 2 saturated heterocycles. The number of ether oxygens (including phenoxy) is 1. The van der Waals surface area contributed by atoms with E-state index < -0.39 is 14.6 Å². The van der Waals surface area contributed by atoms with E-state index >= 15 is 0 Å². The lowest BCUT2D eigenvalue weighted by atomic mass is 9.83. The van der Waals surface area contributed by atoms with Crippen molar-refractivity contribution in [2.45, 2.75) is 24.6 Å². The first-order chi connectivity index (χ1) is 10.5. The number of nitrogens with zero attached hydrogens (tertiary/aromatic N) is 1. The molecule has 3 rings (SSSR count). The highest BCUT2D eigenvalue weighted by Crippen LogP contribution is 2.45. The average molecular weight is 344 g/mol. The fourth-order valence-corrected chi connectivity index (χ4v) is 6.22. The average Bonchev–Trinajstić information content (AvgIpc) is 2.70. The molecule has 0 aromatic heterocycles. The zero-order valence-electron chi connectivity index (χ0n) is 12.8. The Kier molecular flexibility index (Phi) is 4.52. The molecule has 1 aromatic carbocycles. The molecule has 4 nitrogen and oxygen atoms in total. The van der Waals surface area contributed by atoms with E-state index in [4.69, 9.17) is 16.3 Å². The van der Waals surface area contributed by atoms with Crippen LogP contribution in [0, 0.1) is 5.92 Å². The Morgan fingerprint density at radius 2 is 2.00 bits per heavy atom. The van der Waals surface area contributed by atoms with Gasteiger partial charge in [0.15, 0.2) is 9.84 Å². The third-order valence-electron chi connectivity index (χ3n) is 4.92. The second-order valence-corrected chi connectivity index (χ2v) is 9.19. The van der Waals surface area contributed by atoms with Crippen molar-refractivity contribution in [3.8, 4) is 0 Å². The smallest absolute Gasteiger partial charge is 0.158 e. The van der Waals surface area contributed by atoms with Crippen molar-refractivity contribution in [3.05, 3.63) is 34.9 Å². The summed E-state index contributed by atoms with van der Waals surface area (Å²) >= 11 is 5.89. The SMILES string of the molecule is CCOC[C@@H]1CCS(=O)(=O)C12CN(Cc1ccc(Cl)cc1)C2. The van der Waals surface area contributed by atoms with Crippen LogP contribution in [0.4, 0.5) is 0 Å². The van der Waals surface area contributed by atoms with Gasteiger partial charge in [-0.15, -0.1) is 0 Å². The molecule has 0 amide bonds. The topological polar surface area (TPSA) is 46.6 Å². The number of hydrogen-bond donors (Lipinski definition) is 0. The van der Waals surface area contributed by atoms with Crippen LogP contribution in [0.3, 0.4) is 0 Å². The Morgan fingerprint density at radius 3 is 2.64 bits per heavy atom. The normalized spacial score (nSPS) is 26.2. The van der Waals surface area contributed by atoms with Gasteiger partial charge in [-0.25, -0.2) is 8.42 Å². The zero-order valence-corrected chi connectivity index (χ0v) is 14.4. The van der Waals surface area contributed by atoms with Crippen LogP contribution < -0.4 is 0 Å². The van der Waals surface area contributed by atoms with Crippen LogP contribution in [0.1, 0.15) is 18.9 Å². The summed E-state index contributed by atoms with van der Waals surface area (Å²) in [5.74, 6) is 0.443. The minimum atomic E-state index is -3.00. The van der Waals surface area contributed by atoms with Crippen LogP contribution >= 0.6 is 11.6 Å². The largest absolute Gasteiger partial charge is 0.381 e. The van der Waals surface area contributed by atoms with Gasteiger partial charge in [0.2, 0.25) is 0 Å². The molecule has 1 spiro atoms. The van der Waals surface area contributed by atoms with Gasteiger partial charge in [-0.05, 0) is 31.0 Å². The van der Waals surface area contributed by atoms with Gasteiger partial charge in [0.1, 0.15) is 4.75 Å². The number of likely N-dealkylation sites (tertiary alicyclic amines) is 1. The highest BCUT2D eigenvalue weighted by atomic mass is 35.5. The fourth-order valence-electron chi connectivity index (χ4n) is 3.64. The van der Waals surface area contributed by atoms with Crippen LogP contribution in [0.5, 0.6) is 0 Å². The molecule has 0 N–H and O–H groups in total. The molecule has 0 radical (unpaired) electrons. The molecule has 2 fully saturated rings. The monoisotopic (exact) mass is 343 g/mol. The van der Waals surface area contributed by atoms with Gasteiger partial charge in [-0.3, -0.25) is 4.90 Å². The van der Waals surface area contributed by atoms with Crippen LogP contribution in [0.2, 0.25) is 5.02 Å². The van der Waals surface area contributed by atoms with E-state index in [-0.39, 0.29) is 5.92 Å². The Labute approximate surface area is 137 Å². The number of hydrogen-bond acceptors (Lipinski definition) is 4. The number of benzene rings is 1. The standard InChI is InChI=1S/C16H22ClNO3S/c1-2-21-10-14-7-8-22(19,20)16(14)11-18(12-16)9-13-3-5-15(17)6-4-13/h3-6,14H,2,7-12H2,1H3/t14-/m0/s1.